The minimum atomic E-state index is -0.712. The number of hydrogen-bond donors (Lipinski definition) is 0. The van der Waals surface area contributed by atoms with Gasteiger partial charge in [-0.3, -0.25) is 14.5 Å². The zero-order valence-corrected chi connectivity index (χ0v) is 20.1. The molecule has 0 N–H and O–H groups in total. The average Bonchev–Trinajstić information content (AvgIpc) is 3.46. The summed E-state index contributed by atoms with van der Waals surface area (Å²) in [6, 6.07) is 11.6. The number of hydrogen-bond acceptors (Lipinski definition) is 8. The lowest BCUT2D eigenvalue weighted by molar-refractivity contribution is 0.0970. The van der Waals surface area contributed by atoms with E-state index in [1.165, 1.54) is 16.2 Å². The number of benzene rings is 2. The highest BCUT2D eigenvalue weighted by molar-refractivity contribution is 7.15. The van der Waals surface area contributed by atoms with Gasteiger partial charge in [0.2, 0.25) is 10.9 Å². The summed E-state index contributed by atoms with van der Waals surface area (Å²) in [6.07, 6.45) is 2.35. The molecule has 5 rings (SSSR count). The van der Waals surface area contributed by atoms with Crippen LogP contribution in [-0.4, -0.2) is 29.3 Å². The van der Waals surface area contributed by atoms with Crippen LogP contribution in [0.3, 0.4) is 0 Å². The lowest BCUT2D eigenvalue weighted by atomic mass is 9.98. The van der Waals surface area contributed by atoms with Gasteiger partial charge in [-0.25, -0.2) is 0 Å². The normalized spacial score (nSPS) is 14.9. The maximum atomic E-state index is 13.7. The first-order chi connectivity index (χ1) is 17.0. The van der Waals surface area contributed by atoms with E-state index in [4.69, 9.17) is 13.9 Å². The summed E-state index contributed by atoms with van der Waals surface area (Å²) in [5.41, 5.74) is 1.04. The van der Waals surface area contributed by atoms with Gasteiger partial charge in [0, 0.05) is 6.07 Å². The van der Waals surface area contributed by atoms with E-state index >= 15 is 0 Å². The first-order valence-corrected chi connectivity index (χ1v) is 12.1. The quantitative estimate of drug-likeness (QED) is 0.324. The third-order valence-corrected chi connectivity index (χ3v) is 6.75. The van der Waals surface area contributed by atoms with Crippen LogP contribution in [0, 0.1) is 0 Å². The number of nitrogens with zero attached hydrogens (tertiary/aromatic N) is 3. The molecular weight excluding hydrogens is 466 g/mol. The van der Waals surface area contributed by atoms with E-state index < -0.39 is 11.9 Å². The second-order valence-electron chi connectivity index (χ2n) is 7.84. The largest absolute Gasteiger partial charge is 0.494 e. The predicted octanol–water partition coefficient (Wildman–Crippen LogP) is 4.92. The van der Waals surface area contributed by atoms with Crippen LogP contribution in [0.15, 0.2) is 64.3 Å². The van der Waals surface area contributed by atoms with E-state index in [1.807, 2.05) is 26.0 Å². The van der Waals surface area contributed by atoms with Crippen LogP contribution in [0.2, 0.25) is 0 Å². The predicted molar refractivity (Wildman–Crippen MR) is 134 cm³/mol. The molecule has 0 fully saturated rings. The van der Waals surface area contributed by atoms with Crippen LogP contribution in [0.5, 0.6) is 11.5 Å². The molecule has 0 radical (unpaired) electrons. The zero-order chi connectivity index (χ0) is 24.5. The fourth-order valence-corrected chi connectivity index (χ4v) is 4.91. The Hall–Kier alpha value is -3.98. The van der Waals surface area contributed by atoms with Gasteiger partial charge in [-0.15, -0.1) is 10.2 Å². The summed E-state index contributed by atoms with van der Waals surface area (Å²) in [4.78, 5) is 28.9. The van der Waals surface area contributed by atoms with Crippen molar-refractivity contribution in [2.75, 3.05) is 18.1 Å². The van der Waals surface area contributed by atoms with Crippen LogP contribution < -0.4 is 19.8 Å². The summed E-state index contributed by atoms with van der Waals surface area (Å²) in [6.45, 7) is 8.35. The highest BCUT2D eigenvalue weighted by Crippen LogP contribution is 2.42. The summed E-state index contributed by atoms with van der Waals surface area (Å²) in [7, 11) is 0. The molecule has 2 aromatic carbocycles. The standard InChI is InChI=1S/C26H23N3O5S/c1-4-13-33-16-9-7-15(8-10-16)22-21-23(30)18-12-11-17(32-6-3)14-19(18)34-24(21)25(31)29(22)26-28-27-20(5-2)35-26/h4,7-12,14,22H,1,5-6,13H2,2-3H3. The van der Waals surface area contributed by atoms with Crippen LogP contribution in [-0.2, 0) is 6.42 Å². The molecule has 0 spiro atoms. The van der Waals surface area contributed by atoms with Gasteiger partial charge >= 0.3 is 0 Å². The topological polar surface area (TPSA) is 94.8 Å². The Balaban J connectivity index is 1.69. The lowest BCUT2D eigenvalue weighted by Crippen LogP contribution is -2.29. The van der Waals surface area contributed by atoms with Crippen molar-refractivity contribution < 1.29 is 18.7 Å². The van der Waals surface area contributed by atoms with Crippen LogP contribution >= 0.6 is 11.3 Å². The Morgan fingerprint density at radius 1 is 1.09 bits per heavy atom. The van der Waals surface area contributed by atoms with Crippen molar-refractivity contribution in [3.05, 3.63) is 87.2 Å². The van der Waals surface area contributed by atoms with Gasteiger partial charge in [0.25, 0.3) is 5.91 Å². The average molecular weight is 490 g/mol. The van der Waals surface area contributed by atoms with Crippen LogP contribution in [0.4, 0.5) is 5.13 Å². The monoisotopic (exact) mass is 489 g/mol. The minimum Gasteiger partial charge on any atom is -0.494 e. The highest BCUT2D eigenvalue weighted by atomic mass is 32.1. The molecule has 8 nitrogen and oxygen atoms in total. The van der Waals surface area contributed by atoms with Gasteiger partial charge in [0.15, 0.2) is 5.43 Å². The van der Waals surface area contributed by atoms with E-state index in [0.717, 1.165) is 10.6 Å². The number of fused-ring (bicyclic) bond motifs is 2. The van der Waals surface area contributed by atoms with Crippen LogP contribution in [0.1, 0.15) is 46.6 Å². The molecule has 3 heterocycles. The van der Waals surface area contributed by atoms with Crippen molar-refractivity contribution in [3.63, 3.8) is 0 Å². The smallest absolute Gasteiger partial charge is 0.297 e. The molecule has 9 heteroatoms. The molecule has 0 saturated heterocycles. The molecular formula is C26H23N3O5S. The fourth-order valence-electron chi connectivity index (χ4n) is 4.11. The maximum absolute atomic E-state index is 13.7. The maximum Gasteiger partial charge on any atom is 0.297 e. The number of ether oxygens (including phenoxy) is 2. The Bertz CT molecular complexity index is 1470. The third kappa shape index (κ3) is 3.97. The summed E-state index contributed by atoms with van der Waals surface area (Å²) < 4.78 is 17.2. The van der Waals surface area contributed by atoms with E-state index in [0.29, 0.717) is 47.2 Å². The van der Waals surface area contributed by atoms with E-state index in [1.54, 1.807) is 36.4 Å². The van der Waals surface area contributed by atoms with Crippen molar-refractivity contribution in [2.24, 2.45) is 0 Å². The molecule has 1 aliphatic rings. The Labute approximate surface area is 205 Å². The Morgan fingerprint density at radius 3 is 2.54 bits per heavy atom. The van der Waals surface area contributed by atoms with Crippen molar-refractivity contribution >= 4 is 33.3 Å². The van der Waals surface area contributed by atoms with E-state index in [-0.39, 0.29) is 16.8 Å². The number of rotatable bonds is 8. The van der Waals surface area contributed by atoms with Gasteiger partial charge in [-0.2, -0.15) is 0 Å². The SMILES string of the molecule is C=CCOc1ccc(C2c3c(oc4cc(OCC)ccc4c3=O)C(=O)N2c2nnc(CC)s2)cc1. The molecule has 0 bridgehead atoms. The van der Waals surface area contributed by atoms with Crippen molar-refractivity contribution in [1.82, 2.24) is 10.2 Å². The number of aryl methyl sites for hydroxylation is 1. The minimum absolute atomic E-state index is 0.00128. The van der Waals surface area contributed by atoms with Crippen molar-refractivity contribution in [2.45, 2.75) is 26.3 Å². The third-order valence-electron chi connectivity index (χ3n) is 5.68. The van der Waals surface area contributed by atoms with Gasteiger partial charge in [-0.05, 0) is 43.2 Å². The van der Waals surface area contributed by atoms with Gasteiger partial charge in [0.1, 0.15) is 28.7 Å². The fraction of sp³-hybridized carbons (Fsp3) is 0.231. The zero-order valence-electron chi connectivity index (χ0n) is 19.3. The van der Waals surface area contributed by atoms with E-state index in [9.17, 15) is 9.59 Å². The number of carbonyl (C=O) groups is 1. The first-order valence-electron chi connectivity index (χ1n) is 11.3. The molecule has 1 atom stereocenters. The molecule has 1 unspecified atom stereocenters. The van der Waals surface area contributed by atoms with Crippen molar-refractivity contribution in [3.8, 4) is 11.5 Å². The van der Waals surface area contributed by atoms with Crippen LogP contribution in [0.25, 0.3) is 11.0 Å². The summed E-state index contributed by atoms with van der Waals surface area (Å²) in [5, 5.41) is 10.0. The summed E-state index contributed by atoms with van der Waals surface area (Å²) >= 11 is 1.32. The molecule has 178 valence electrons. The molecule has 2 aromatic heterocycles. The molecule has 0 saturated carbocycles. The highest BCUT2D eigenvalue weighted by Gasteiger charge is 2.45. The van der Waals surface area contributed by atoms with Crippen molar-refractivity contribution in [1.29, 1.82) is 0 Å². The lowest BCUT2D eigenvalue weighted by Gasteiger charge is -2.22. The van der Waals surface area contributed by atoms with E-state index in [2.05, 4.69) is 16.8 Å². The Kier molecular flexibility index (Phi) is 6.08. The second-order valence-corrected chi connectivity index (χ2v) is 8.88. The number of anilines is 1. The molecule has 0 aliphatic carbocycles. The molecule has 1 amide bonds. The number of aromatic nitrogens is 2. The summed E-state index contributed by atoms with van der Waals surface area (Å²) in [5.74, 6) is 0.787. The molecule has 4 aromatic rings. The molecule has 35 heavy (non-hydrogen) atoms. The number of amides is 1. The Morgan fingerprint density at radius 2 is 1.86 bits per heavy atom. The van der Waals surface area contributed by atoms with Gasteiger partial charge in [0.05, 0.1) is 23.6 Å². The first kappa shape index (κ1) is 22.8. The second kappa shape index (κ2) is 9.34. The van der Waals surface area contributed by atoms with Gasteiger partial charge in [-0.1, -0.05) is 43.0 Å². The van der Waals surface area contributed by atoms with Gasteiger partial charge < -0.3 is 13.9 Å². The number of carbonyl (C=O) groups excluding carboxylic acids is 1. The molecule has 1 aliphatic heterocycles.